The van der Waals surface area contributed by atoms with Crippen molar-refractivity contribution in [1.29, 1.82) is 0 Å². The quantitative estimate of drug-likeness (QED) is 0.768. The molecule has 0 aliphatic heterocycles. The molecule has 3 unspecified atom stereocenters. The Labute approximate surface area is 137 Å². The highest BCUT2D eigenvalue weighted by molar-refractivity contribution is 7.77. The van der Waals surface area contributed by atoms with Crippen LogP contribution in [0.15, 0.2) is 18.2 Å². The van der Waals surface area contributed by atoms with Gasteiger partial charge in [0, 0.05) is 23.9 Å². The van der Waals surface area contributed by atoms with Crippen LogP contribution in [0.25, 0.3) is 0 Å². The van der Waals surface area contributed by atoms with E-state index in [4.69, 9.17) is 16.3 Å². The smallest absolute Gasteiger partial charge is 0.142 e. The average molecular weight is 349 g/mol. The largest absolute Gasteiger partial charge is 0.760 e. The van der Waals surface area contributed by atoms with Gasteiger partial charge in [-0.05, 0) is 36.8 Å². The third-order valence-electron chi connectivity index (χ3n) is 4.16. The zero-order valence-corrected chi connectivity index (χ0v) is 13.8. The molecule has 22 heavy (non-hydrogen) atoms. The zero-order chi connectivity index (χ0) is 15.9. The molecule has 0 spiro atoms. The fourth-order valence-corrected chi connectivity index (χ4v) is 3.44. The van der Waals surface area contributed by atoms with Gasteiger partial charge in [-0.3, -0.25) is 4.21 Å². The minimum Gasteiger partial charge on any atom is -0.760 e. The molecule has 1 aromatic rings. The van der Waals surface area contributed by atoms with Crippen LogP contribution in [-0.4, -0.2) is 21.9 Å². The number of rotatable bonds is 7. The molecule has 4 nitrogen and oxygen atoms in total. The van der Waals surface area contributed by atoms with E-state index in [0.717, 1.165) is 25.7 Å². The topological polar surface area (TPSA) is 61.4 Å². The SMILES string of the molecule is O=S([O-])NCCC1CCCCC1COc1ccc(F)c(Cl)c1. The van der Waals surface area contributed by atoms with Gasteiger partial charge in [-0.25, -0.2) is 9.11 Å². The van der Waals surface area contributed by atoms with Gasteiger partial charge in [0.1, 0.15) is 11.6 Å². The Morgan fingerprint density at radius 3 is 2.77 bits per heavy atom. The number of nitrogens with one attached hydrogen (secondary N) is 1. The lowest BCUT2D eigenvalue weighted by Crippen LogP contribution is -2.29. The van der Waals surface area contributed by atoms with Gasteiger partial charge in [0.25, 0.3) is 0 Å². The highest BCUT2D eigenvalue weighted by Crippen LogP contribution is 2.33. The van der Waals surface area contributed by atoms with Gasteiger partial charge in [0.15, 0.2) is 0 Å². The lowest BCUT2D eigenvalue weighted by atomic mass is 9.78. The number of benzene rings is 1. The molecule has 0 bridgehead atoms. The third kappa shape index (κ3) is 5.50. The molecule has 0 aromatic heterocycles. The van der Waals surface area contributed by atoms with Gasteiger partial charge in [-0.15, -0.1) is 0 Å². The molecule has 7 heteroatoms. The van der Waals surface area contributed by atoms with Crippen molar-refractivity contribution in [2.24, 2.45) is 11.8 Å². The van der Waals surface area contributed by atoms with Gasteiger partial charge >= 0.3 is 0 Å². The van der Waals surface area contributed by atoms with Crippen molar-refractivity contribution < 1.29 is 17.9 Å². The highest BCUT2D eigenvalue weighted by atomic mass is 35.5. The minimum absolute atomic E-state index is 0.0554. The van der Waals surface area contributed by atoms with Crippen molar-refractivity contribution in [1.82, 2.24) is 4.72 Å². The van der Waals surface area contributed by atoms with Crippen molar-refractivity contribution in [2.75, 3.05) is 13.2 Å². The van der Waals surface area contributed by atoms with Crippen LogP contribution in [0, 0.1) is 17.7 Å². The third-order valence-corrected chi connectivity index (χ3v) is 4.89. The second-order valence-corrected chi connectivity index (χ2v) is 6.77. The monoisotopic (exact) mass is 348 g/mol. The maximum absolute atomic E-state index is 13.1. The molecule has 1 saturated carbocycles. The molecule has 124 valence electrons. The highest BCUT2D eigenvalue weighted by Gasteiger charge is 2.25. The number of ether oxygens (including phenoxy) is 1. The van der Waals surface area contributed by atoms with Crippen molar-refractivity contribution in [3.05, 3.63) is 29.0 Å². The van der Waals surface area contributed by atoms with Gasteiger partial charge in [-0.1, -0.05) is 30.9 Å². The average Bonchev–Trinajstić information content (AvgIpc) is 2.49. The first kappa shape index (κ1) is 17.7. The summed E-state index contributed by atoms with van der Waals surface area (Å²) in [5, 5.41) is 0.0554. The predicted molar refractivity (Wildman–Crippen MR) is 83.9 cm³/mol. The summed E-state index contributed by atoms with van der Waals surface area (Å²) >= 11 is 3.54. The molecule has 2 rings (SSSR count). The van der Waals surface area contributed by atoms with Crippen molar-refractivity contribution in [3.8, 4) is 5.75 Å². The van der Waals surface area contributed by atoms with E-state index < -0.39 is 17.1 Å². The van der Waals surface area contributed by atoms with E-state index in [0.29, 0.717) is 30.7 Å². The van der Waals surface area contributed by atoms with E-state index in [1.54, 1.807) is 6.07 Å². The van der Waals surface area contributed by atoms with Gasteiger partial charge < -0.3 is 9.29 Å². The molecule has 3 atom stereocenters. The first-order chi connectivity index (χ1) is 10.6. The lowest BCUT2D eigenvalue weighted by molar-refractivity contribution is 0.143. The van der Waals surface area contributed by atoms with Gasteiger partial charge in [0.05, 0.1) is 11.6 Å². The molecule has 0 amide bonds. The van der Waals surface area contributed by atoms with Crippen LogP contribution < -0.4 is 9.46 Å². The maximum Gasteiger partial charge on any atom is 0.142 e. The molecule has 1 fully saturated rings. The normalized spacial score (nSPS) is 23.2. The van der Waals surface area contributed by atoms with Crippen molar-refractivity contribution in [2.45, 2.75) is 32.1 Å². The Morgan fingerprint density at radius 1 is 1.36 bits per heavy atom. The van der Waals surface area contributed by atoms with E-state index in [-0.39, 0.29) is 5.02 Å². The standard InChI is InChI=1S/C15H21ClFNO3S/c16-14-9-13(5-6-15(14)17)21-10-12-4-2-1-3-11(12)7-8-18-22(19)20/h5-6,9,11-12,18H,1-4,7-8,10H2,(H,19,20)/p-1. The molecule has 0 heterocycles. The summed E-state index contributed by atoms with van der Waals surface area (Å²) < 4.78 is 42.3. The Kier molecular flexibility index (Phi) is 7.08. The van der Waals surface area contributed by atoms with Crippen LogP contribution >= 0.6 is 11.6 Å². The van der Waals surface area contributed by atoms with Crippen LogP contribution in [0.2, 0.25) is 5.02 Å². The Hall–Kier alpha value is -0.690. The van der Waals surface area contributed by atoms with E-state index in [2.05, 4.69) is 4.72 Å². The molecule has 1 aliphatic carbocycles. The molecule has 1 aliphatic rings. The summed E-state index contributed by atoms with van der Waals surface area (Å²) in [7, 11) is 0. The van der Waals surface area contributed by atoms with Gasteiger partial charge in [-0.2, -0.15) is 0 Å². The first-order valence-electron chi connectivity index (χ1n) is 7.47. The van der Waals surface area contributed by atoms with E-state index in [1.165, 1.54) is 18.6 Å². The van der Waals surface area contributed by atoms with Crippen molar-refractivity contribution >= 4 is 22.9 Å². The molecule has 0 radical (unpaired) electrons. The maximum atomic E-state index is 13.1. The van der Waals surface area contributed by atoms with Gasteiger partial charge in [0.2, 0.25) is 0 Å². The second kappa shape index (κ2) is 8.82. The van der Waals surface area contributed by atoms with Crippen LogP contribution in [0.1, 0.15) is 32.1 Å². The summed E-state index contributed by atoms with van der Waals surface area (Å²) in [6.07, 6.45) is 5.30. The summed E-state index contributed by atoms with van der Waals surface area (Å²) in [6.45, 7) is 1.01. The van der Waals surface area contributed by atoms with Crippen molar-refractivity contribution in [3.63, 3.8) is 0 Å². The number of hydrogen-bond donors (Lipinski definition) is 1. The van der Waals surface area contributed by atoms with Crippen LogP contribution in [0.3, 0.4) is 0 Å². The van der Waals surface area contributed by atoms with Crippen LogP contribution in [0.4, 0.5) is 4.39 Å². The molecule has 1 N–H and O–H groups in total. The molecule has 1 aromatic carbocycles. The summed E-state index contributed by atoms with van der Waals surface area (Å²) in [5.41, 5.74) is 0. The van der Waals surface area contributed by atoms with E-state index >= 15 is 0 Å². The van der Waals surface area contributed by atoms with E-state index in [1.807, 2.05) is 0 Å². The second-order valence-electron chi connectivity index (χ2n) is 5.61. The lowest BCUT2D eigenvalue weighted by Gasteiger charge is -2.31. The van der Waals surface area contributed by atoms with Crippen LogP contribution in [0.5, 0.6) is 5.75 Å². The fourth-order valence-electron chi connectivity index (χ4n) is 2.98. The Balaban J connectivity index is 1.85. The summed E-state index contributed by atoms with van der Waals surface area (Å²) in [5.74, 6) is 0.941. The Morgan fingerprint density at radius 2 is 2.09 bits per heavy atom. The molecular weight excluding hydrogens is 329 g/mol. The first-order valence-corrected chi connectivity index (χ1v) is 8.92. The predicted octanol–water partition coefficient (Wildman–Crippen LogP) is 3.44. The zero-order valence-electron chi connectivity index (χ0n) is 12.2. The molecule has 0 saturated heterocycles. The minimum atomic E-state index is -2.20. The summed E-state index contributed by atoms with van der Waals surface area (Å²) in [6, 6.07) is 4.35. The fraction of sp³-hybridized carbons (Fsp3) is 0.600. The number of halogens is 2. The molecular formula is C15H20ClFNO3S-. The van der Waals surface area contributed by atoms with Crippen LogP contribution in [-0.2, 0) is 11.3 Å². The Bertz CT molecular complexity index is 518. The number of hydrogen-bond acceptors (Lipinski definition) is 3. The summed E-state index contributed by atoms with van der Waals surface area (Å²) in [4.78, 5) is 0. The van der Waals surface area contributed by atoms with E-state index in [9.17, 15) is 13.2 Å².